The molecule has 0 unspecified atom stereocenters. The number of phenolic OH excluding ortho intramolecular Hbond substituents is 2. The van der Waals surface area contributed by atoms with Crippen LogP contribution in [0, 0.1) is 6.92 Å². The number of anilines is 2. The second-order valence-electron chi connectivity index (χ2n) is 12.2. The van der Waals surface area contributed by atoms with Crippen molar-refractivity contribution in [3.05, 3.63) is 120 Å². The zero-order valence-electron chi connectivity index (χ0n) is 35.2. The first-order valence-corrected chi connectivity index (χ1v) is 21.9. The van der Waals surface area contributed by atoms with Gasteiger partial charge in [-0.1, -0.05) is 111 Å². The van der Waals surface area contributed by atoms with Gasteiger partial charge in [0.1, 0.15) is 21.5 Å². The van der Waals surface area contributed by atoms with Gasteiger partial charge < -0.3 is 20.8 Å². The molecule has 8 heteroatoms. The normalized spacial score (nSPS) is 9.82. The Kier molecular flexibility index (Phi) is 22.6. The lowest BCUT2D eigenvalue weighted by Gasteiger charge is -2.07. The van der Waals surface area contributed by atoms with Gasteiger partial charge in [-0.2, -0.15) is 0 Å². The molecule has 0 amide bonds. The molecule has 0 atom stereocenters. The Hall–Kier alpha value is -4.92. The molecule has 2 heterocycles. The number of thiazole rings is 2. The lowest BCUT2D eigenvalue weighted by atomic mass is 10.1. The maximum absolute atomic E-state index is 9.59. The average Bonchev–Trinajstić information content (AvgIpc) is 3.87. The first kappa shape index (κ1) is 47.2. The van der Waals surface area contributed by atoms with Gasteiger partial charge >= 0.3 is 0 Å². The van der Waals surface area contributed by atoms with Gasteiger partial charge in [0.25, 0.3) is 0 Å². The van der Waals surface area contributed by atoms with Crippen molar-refractivity contribution in [2.75, 3.05) is 17.2 Å². The van der Waals surface area contributed by atoms with Crippen LogP contribution in [0.3, 0.4) is 0 Å². The second kappa shape index (κ2) is 26.8. The van der Waals surface area contributed by atoms with Crippen molar-refractivity contribution in [2.45, 2.75) is 101 Å². The van der Waals surface area contributed by atoms with Crippen molar-refractivity contribution < 1.29 is 10.2 Å². The minimum atomic E-state index is 0.276. The van der Waals surface area contributed by atoms with Gasteiger partial charge in [-0.3, -0.25) is 0 Å². The first-order valence-electron chi connectivity index (χ1n) is 20.3. The molecule has 0 aliphatic rings. The molecule has 7 rings (SSSR count). The van der Waals surface area contributed by atoms with Crippen molar-refractivity contribution in [1.82, 2.24) is 9.97 Å². The number of nitrogens with one attached hydrogen (secondary N) is 2. The Morgan fingerprint density at radius 3 is 1.39 bits per heavy atom. The summed E-state index contributed by atoms with van der Waals surface area (Å²) < 4.78 is 2.01. The molecule has 0 aliphatic heterocycles. The van der Waals surface area contributed by atoms with Crippen LogP contribution in [-0.4, -0.2) is 26.7 Å². The number of phenols is 2. The number of rotatable bonds is 10. The fourth-order valence-corrected chi connectivity index (χ4v) is 7.06. The third kappa shape index (κ3) is 15.3. The topological polar surface area (TPSA) is 90.3 Å². The van der Waals surface area contributed by atoms with Crippen molar-refractivity contribution in [3.63, 3.8) is 0 Å². The molecular weight excluding hydrogens is 729 g/mol. The van der Waals surface area contributed by atoms with E-state index in [1.54, 1.807) is 46.9 Å². The van der Waals surface area contributed by atoms with Crippen LogP contribution in [0.15, 0.2) is 109 Å². The maximum Gasteiger partial charge on any atom is 0.124 e. The third-order valence-corrected chi connectivity index (χ3v) is 9.87. The van der Waals surface area contributed by atoms with Crippen molar-refractivity contribution in [2.24, 2.45) is 0 Å². The zero-order valence-corrected chi connectivity index (χ0v) is 36.9. The molecule has 56 heavy (non-hydrogen) atoms. The van der Waals surface area contributed by atoms with Gasteiger partial charge in [0.05, 0.1) is 20.4 Å². The molecule has 6 nitrogen and oxygen atoms in total. The fraction of sp³-hybridized carbons (Fsp3) is 0.333. The van der Waals surface area contributed by atoms with Crippen LogP contribution < -0.4 is 10.6 Å². The van der Waals surface area contributed by atoms with E-state index < -0.39 is 0 Å². The zero-order chi connectivity index (χ0) is 41.3. The molecule has 5 aromatic carbocycles. The minimum absolute atomic E-state index is 0.276. The predicted molar refractivity (Wildman–Crippen MR) is 250 cm³/mol. The van der Waals surface area contributed by atoms with E-state index in [0.29, 0.717) is 0 Å². The van der Waals surface area contributed by atoms with Crippen LogP contribution in [-0.2, 0) is 6.54 Å². The molecule has 300 valence electrons. The maximum atomic E-state index is 9.59. The Morgan fingerprint density at radius 2 is 0.964 bits per heavy atom. The summed E-state index contributed by atoms with van der Waals surface area (Å²) in [6.45, 7) is 22.4. The van der Waals surface area contributed by atoms with Gasteiger partial charge in [0.2, 0.25) is 0 Å². The second-order valence-corrected chi connectivity index (χ2v) is 14.2. The van der Waals surface area contributed by atoms with Crippen LogP contribution in [0.2, 0.25) is 0 Å². The Balaban J connectivity index is 0.000000323. The van der Waals surface area contributed by atoms with E-state index in [0.717, 1.165) is 66.0 Å². The summed E-state index contributed by atoms with van der Waals surface area (Å²) in [6.07, 6.45) is 4.97. The molecule has 0 fully saturated rings. The minimum Gasteiger partial charge on any atom is -0.508 e. The van der Waals surface area contributed by atoms with Crippen LogP contribution in [0.4, 0.5) is 11.4 Å². The Morgan fingerprint density at radius 1 is 0.536 bits per heavy atom. The largest absolute Gasteiger partial charge is 0.508 e. The Bertz CT molecular complexity index is 2070. The smallest absolute Gasteiger partial charge is 0.124 e. The quantitative estimate of drug-likeness (QED) is 0.103. The number of unbranched alkanes of at least 4 members (excludes halogenated alkanes) is 2. The van der Waals surface area contributed by atoms with E-state index in [4.69, 9.17) is 0 Å². The molecular formula is C48H64N4O2S2. The summed E-state index contributed by atoms with van der Waals surface area (Å²) in [6, 6.07) is 35.8. The van der Waals surface area contributed by atoms with Gasteiger partial charge in [-0.15, -0.1) is 22.7 Å². The molecule has 0 aliphatic carbocycles. The molecule has 2 aromatic heterocycles. The Labute approximate surface area is 344 Å². The van der Waals surface area contributed by atoms with Crippen molar-refractivity contribution in [1.29, 1.82) is 0 Å². The van der Waals surface area contributed by atoms with Gasteiger partial charge in [-0.05, 0) is 104 Å². The van der Waals surface area contributed by atoms with Crippen LogP contribution >= 0.6 is 22.7 Å². The van der Waals surface area contributed by atoms with E-state index in [9.17, 15) is 10.2 Å². The van der Waals surface area contributed by atoms with Crippen LogP contribution in [0.5, 0.6) is 11.5 Å². The van der Waals surface area contributed by atoms with Gasteiger partial charge in [-0.25, -0.2) is 9.97 Å². The summed E-state index contributed by atoms with van der Waals surface area (Å²) in [5, 5.41) is 28.0. The number of aryl methyl sites for hydroxylation is 1. The van der Waals surface area contributed by atoms with Gasteiger partial charge in [0, 0.05) is 35.6 Å². The van der Waals surface area contributed by atoms with Crippen LogP contribution in [0.1, 0.15) is 99.1 Å². The summed E-state index contributed by atoms with van der Waals surface area (Å²) in [7, 11) is 0. The van der Waals surface area contributed by atoms with Crippen molar-refractivity contribution >= 4 is 54.5 Å². The molecule has 0 radical (unpaired) electrons. The molecule has 7 aromatic rings. The van der Waals surface area contributed by atoms with E-state index in [1.807, 2.05) is 53.7 Å². The summed E-state index contributed by atoms with van der Waals surface area (Å²) in [5.41, 5.74) is 8.82. The number of aromatic hydroxyl groups is 2. The standard InChI is InChI=1S/C21H18N2OS.C18H20N2OS.C3H8.3C2H6/c1-14-2-4-15(5-3-14)13-22-17-8-6-16(7-9-17)21-23-19-11-10-18(24)12-20(19)25-21;1-2-3-4-11-19-14-7-5-13(6-8-14)18-20-16-10-9-15(21)12-17(16)22-18;1-3-2;3*1-2/h2-12,22,24H,13H2,1H3;5-10,12,19,21H,2-4,11H2,1H3;3H2,1-2H3;3*1-2H3. The van der Waals surface area contributed by atoms with E-state index in [2.05, 4.69) is 121 Å². The number of benzene rings is 5. The molecule has 4 N–H and O–H groups in total. The number of hydrogen-bond acceptors (Lipinski definition) is 8. The highest BCUT2D eigenvalue weighted by molar-refractivity contribution is 7.22. The first-order chi connectivity index (χ1) is 27.3. The molecule has 0 spiro atoms. The summed E-state index contributed by atoms with van der Waals surface area (Å²) in [5.74, 6) is 0.563. The monoisotopic (exact) mass is 792 g/mol. The van der Waals surface area contributed by atoms with E-state index >= 15 is 0 Å². The van der Waals surface area contributed by atoms with E-state index in [-0.39, 0.29) is 11.5 Å². The summed E-state index contributed by atoms with van der Waals surface area (Å²) >= 11 is 3.19. The highest BCUT2D eigenvalue weighted by atomic mass is 32.1. The number of nitrogens with zero attached hydrogens (tertiary/aromatic N) is 2. The number of aromatic nitrogens is 2. The summed E-state index contributed by atoms with van der Waals surface area (Å²) in [4.78, 5) is 9.27. The average molecular weight is 793 g/mol. The number of hydrogen-bond donors (Lipinski definition) is 4. The predicted octanol–water partition coefficient (Wildman–Crippen LogP) is 15.4. The number of fused-ring (bicyclic) bond motifs is 2. The highest BCUT2D eigenvalue weighted by Crippen LogP contribution is 2.34. The van der Waals surface area contributed by atoms with E-state index in [1.165, 1.54) is 36.8 Å². The lowest BCUT2D eigenvalue weighted by Crippen LogP contribution is -2.00. The highest BCUT2D eigenvalue weighted by Gasteiger charge is 2.08. The SMILES string of the molecule is CC.CC.CC.CCC.CCCCCNc1ccc(-c2nc3ccc(O)cc3s2)cc1.Cc1ccc(CNc2ccc(-c3nc4ccc(O)cc4s3)cc2)cc1. The van der Waals surface area contributed by atoms with Crippen LogP contribution in [0.25, 0.3) is 41.6 Å². The molecule has 0 bridgehead atoms. The fourth-order valence-electron chi connectivity index (χ4n) is 5.05. The third-order valence-electron chi connectivity index (χ3n) is 7.73. The molecule has 0 saturated carbocycles. The lowest BCUT2D eigenvalue weighted by molar-refractivity contribution is 0.475. The van der Waals surface area contributed by atoms with Gasteiger partial charge in [0.15, 0.2) is 0 Å². The van der Waals surface area contributed by atoms with Crippen molar-refractivity contribution in [3.8, 4) is 32.6 Å². The molecule has 0 saturated heterocycles.